The molecule has 0 unspecified atom stereocenters. The van der Waals surface area contributed by atoms with Crippen molar-refractivity contribution in [2.45, 2.75) is 12.8 Å². The average Bonchev–Trinajstić information content (AvgIpc) is 2.73. The molecule has 1 aromatic heterocycles. The fourth-order valence-corrected chi connectivity index (χ4v) is 3.84. The highest BCUT2D eigenvalue weighted by atomic mass is 19.1. The number of rotatable bonds is 4. The van der Waals surface area contributed by atoms with E-state index in [1.807, 2.05) is 30.3 Å². The maximum absolute atomic E-state index is 14.0. The second kappa shape index (κ2) is 7.46. The number of fused-ring (bicyclic) bond motifs is 1. The Labute approximate surface area is 162 Å². The standard InChI is InChI=1S/C22H22FN3O2/c1-28-21-5-3-2-4-16(21)19-13-20(17-12-15(23)6-7-18(17)25-19)26-10-8-14(9-11-26)22(24)27/h2-7,12-14H,8-11H2,1H3,(H2,24,27). The number of para-hydroxylation sites is 1. The number of aromatic nitrogens is 1. The minimum absolute atomic E-state index is 0.102. The summed E-state index contributed by atoms with van der Waals surface area (Å²) in [6.07, 6.45) is 1.39. The molecule has 3 aromatic rings. The predicted octanol–water partition coefficient (Wildman–Crippen LogP) is 3.75. The van der Waals surface area contributed by atoms with Crippen LogP contribution in [0, 0.1) is 11.7 Å². The summed E-state index contributed by atoms with van der Waals surface area (Å²) in [5.74, 6) is 0.0808. The smallest absolute Gasteiger partial charge is 0.220 e. The third-order valence-electron chi connectivity index (χ3n) is 5.37. The quantitative estimate of drug-likeness (QED) is 0.750. The van der Waals surface area contributed by atoms with E-state index in [0.29, 0.717) is 25.9 Å². The first kappa shape index (κ1) is 18.2. The van der Waals surface area contributed by atoms with Crippen LogP contribution in [0.15, 0.2) is 48.5 Å². The van der Waals surface area contributed by atoms with Gasteiger partial charge in [0.15, 0.2) is 0 Å². The van der Waals surface area contributed by atoms with Crippen LogP contribution in [-0.4, -0.2) is 31.1 Å². The van der Waals surface area contributed by atoms with Gasteiger partial charge in [0.25, 0.3) is 0 Å². The Hall–Kier alpha value is -3.15. The van der Waals surface area contributed by atoms with E-state index in [1.165, 1.54) is 12.1 Å². The molecule has 0 radical (unpaired) electrons. The lowest BCUT2D eigenvalue weighted by Gasteiger charge is -2.33. The van der Waals surface area contributed by atoms with Crippen molar-refractivity contribution in [3.05, 3.63) is 54.3 Å². The second-order valence-electron chi connectivity index (χ2n) is 7.05. The summed E-state index contributed by atoms with van der Waals surface area (Å²) in [6, 6.07) is 14.3. The molecule has 0 atom stereocenters. The predicted molar refractivity (Wildman–Crippen MR) is 108 cm³/mol. The largest absolute Gasteiger partial charge is 0.496 e. The number of nitrogens with zero attached hydrogens (tertiary/aromatic N) is 2. The monoisotopic (exact) mass is 379 g/mol. The first-order valence-corrected chi connectivity index (χ1v) is 9.35. The molecule has 1 saturated heterocycles. The van der Waals surface area contributed by atoms with Crippen LogP contribution < -0.4 is 15.4 Å². The number of pyridine rings is 1. The summed E-state index contributed by atoms with van der Waals surface area (Å²) in [6.45, 7) is 1.38. The van der Waals surface area contributed by atoms with E-state index in [1.54, 1.807) is 13.2 Å². The van der Waals surface area contributed by atoms with Gasteiger partial charge in [-0.25, -0.2) is 9.37 Å². The lowest BCUT2D eigenvalue weighted by atomic mass is 9.95. The first-order valence-electron chi connectivity index (χ1n) is 9.35. The van der Waals surface area contributed by atoms with E-state index in [0.717, 1.165) is 33.6 Å². The Balaban J connectivity index is 1.82. The molecular weight excluding hydrogens is 357 g/mol. The fraction of sp³-hybridized carbons (Fsp3) is 0.273. The number of amides is 1. The summed E-state index contributed by atoms with van der Waals surface area (Å²) >= 11 is 0. The van der Waals surface area contributed by atoms with Crippen molar-refractivity contribution < 1.29 is 13.9 Å². The van der Waals surface area contributed by atoms with Gasteiger partial charge in [0.2, 0.25) is 5.91 Å². The van der Waals surface area contributed by atoms with Crippen molar-refractivity contribution >= 4 is 22.5 Å². The molecule has 0 spiro atoms. The fourth-order valence-electron chi connectivity index (χ4n) is 3.84. The van der Waals surface area contributed by atoms with E-state index < -0.39 is 0 Å². The molecule has 2 heterocycles. The van der Waals surface area contributed by atoms with Crippen LogP contribution in [0.5, 0.6) is 5.75 Å². The summed E-state index contributed by atoms with van der Waals surface area (Å²) in [5.41, 5.74) is 8.74. The zero-order chi connectivity index (χ0) is 19.7. The zero-order valence-electron chi connectivity index (χ0n) is 15.7. The van der Waals surface area contributed by atoms with Crippen LogP contribution in [0.1, 0.15) is 12.8 Å². The molecule has 144 valence electrons. The van der Waals surface area contributed by atoms with Crippen molar-refractivity contribution in [3.8, 4) is 17.0 Å². The number of hydrogen-bond donors (Lipinski definition) is 1. The molecule has 4 rings (SSSR count). The highest BCUT2D eigenvalue weighted by Gasteiger charge is 2.25. The van der Waals surface area contributed by atoms with Gasteiger partial charge < -0.3 is 15.4 Å². The molecule has 1 fully saturated rings. The van der Waals surface area contributed by atoms with Gasteiger partial charge in [0.1, 0.15) is 11.6 Å². The number of anilines is 1. The molecule has 2 N–H and O–H groups in total. The summed E-state index contributed by atoms with van der Waals surface area (Å²) in [4.78, 5) is 18.4. The van der Waals surface area contributed by atoms with Crippen molar-refractivity contribution in [2.24, 2.45) is 11.7 Å². The second-order valence-corrected chi connectivity index (χ2v) is 7.05. The number of halogens is 1. The molecule has 5 nitrogen and oxygen atoms in total. The number of carbonyl (C=O) groups excluding carboxylic acids is 1. The van der Waals surface area contributed by atoms with E-state index >= 15 is 0 Å². The van der Waals surface area contributed by atoms with E-state index in [9.17, 15) is 9.18 Å². The number of piperidine rings is 1. The minimum atomic E-state index is -0.299. The Bertz CT molecular complexity index is 1030. The molecule has 6 heteroatoms. The number of ether oxygens (including phenoxy) is 1. The number of nitrogens with two attached hydrogens (primary N) is 1. The Morgan fingerprint density at radius 1 is 1.18 bits per heavy atom. The lowest BCUT2D eigenvalue weighted by Crippen LogP contribution is -2.38. The van der Waals surface area contributed by atoms with E-state index in [-0.39, 0.29) is 17.6 Å². The van der Waals surface area contributed by atoms with Gasteiger partial charge in [-0.15, -0.1) is 0 Å². The van der Waals surface area contributed by atoms with E-state index in [2.05, 4.69) is 4.90 Å². The number of hydrogen-bond acceptors (Lipinski definition) is 4. The van der Waals surface area contributed by atoms with Crippen molar-refractivity contribution in [3.63, 3.8) is 0 Å². The molecule has 2 aromatic carbocycles. The van der Waals surface area contributed by atoms with Crippen molar-refractivity contribution in [1.29, 1.82) is 0 Å². The van der Waals surface area contributed by atoms with Crippen molar-refractivity contribution in [2.75, 3.05) is 25.1 Å². The summed E-state index contributed by atoms with van der Waals surface area (Å²) in [7, 11) is 1.63. The third-order valence-corrected chi connectivity index (χ3v) is 5.37. The highest BCUT2D eigenvalue weighted by Crippen LogP contribution is 2.36. The van der Waals surface area contributed by atoms with Gasteiger partial charge in [0, 0.05) is 35.6 Å². The van der Waals surface area contributed by atoms with Crippen LogP contribution in [-0.2, 0) is 4.79 Å². The Morgan fingerprint density at radius 2 is 1.93 bits per heavy atom. The molecule has 1 amide bonds. The molecule has 1 aliphatic rings. The van der Waals surface area contributed by atoms with Crippen molar-refractivity contribution in [1.82, 2.24) is 4.98 Å². The number of primary amides is 1. The number of benzene rings is 2. The maximum Gasteiger partial charge on any atom is 0.220 e. The summed E-state index contributed by atoms with van der Waals surface area (Å²) in [5, 5.41) is 0.760. The Morgan fingerprint density at radius 3 is 2.64 bits per heavy atom. The molecule has 1 aliphatic heterocycles. The topological polar surface area (TPSA) is 68.5 Å². The number of carbonyl (C=O) groups is 1. The van der Waals surface area contributed by atoms with Crippen LogP contribution in [0.25, 0.3) is 22.2 Å². The van der Waals surface area contributed by atoms with Crippen LogP contribution in [0.2, 0.25) is 0 Å². The highest BCUT2D eigenvalue weighted by molar-refractivity contribution is 5.95. The van der Waals surface area contributed by atoms with Crippen LogP contribution in [0.4, 0.5) is 10.1 Å². The first-order chi connectivity index (χ1) is 13.6. The van der Waals surface area contributed by atoms with Gasteiger partial charge >= 0.3 is 0 Å². The normalized spacial score (nSPS) is 15.0. The lowest BCUT2D eigenvalue weighted by molar-refractivity contribution is -0.122. The maximum atomic E-state index is 14.0. The molecular formula is C22H22FN3O2. The number of methoxy groups -OCH3 is 1. The molecule has 0 aliphatic carbocycles. The van der Waals surface area contributed by atoms with Gasteiger partial charge in [-0.3, -0.25) is 4.79 Å². The van der Waals surface area contributed by atoms with E-state index in [4.69, 9.17) is 15.5 Å². The van der Waals surface area contributed by atoms with Gasteiger partial charge in [-0.1, -0.05) is 12.1 Å². The zero-order valence-corrected chi connectivity index (χ0v) is 15.7. The molecule has 0 saturated carbocycles. The molecule has 0 bridgehead atoms. The van der Waals surface area contributed by atoms with Gasteiger partial charge in [-0.05, 0) is 49.2 Å². The Kier molecular flexibility index (Phi) is 4.86. The van der Waals surface area contributed by atoms with Gasteiger partial charge in [-0.2, -0.15) is 0 Å². The van der Waals surface area contributed by atoms with Gasteiger partial charge in [0.05, 0.1) is 18.3 Å². The SMILES string of the molecule is COc1ccccc1-c1cc(N2CCC(C(N)=O)CC2)c2cc(F)ccc2n1. The third kappa shape index (κ3) is 3.38. The minimum Gasteiger partial charge on any atom is -0.496 e. The van der Waals surface area contributed by atoms with Crippen LogP contribution >= 0.6 is 0 Å². The molecule has 28 heavy (non-hydrogen) atoms. The average molecular weight is 379 g/mol. The van der Waals surface area contributed by atoms with Crippen LogP contribution in [0.3, 0.4) is 0 Å². The summed E-state index contributed by atoms with van der Waals surface area (Å²) < 4.78 is 19.5.